The number of nitro groups is 1. The second kappa shape index (κ2) is 6.05. The van der Waals surface area contributed by atoms with Crippen LogP contribution in [-0.4, -0.2) is 24.1 Å². The molecule has 0 spiro atoms. The molecule has 20 heavy (non-hydrogen) atoms. The van der Waals surface area contributed by atoms with Crippen LogP contribution < -0.4 is 10.6 Å². The average molecular weight is 346 g/mol. The SMILES string of the molecule is CC(N)C1CCN(c2cc(Br)c(F)cc2[N+](=O)[O-])CC1. The molecule has 5 nitrogen and oxygen atoms in total. The predicted octanol–water partition coefficient (Wildman–Crippen LogP) is 3.06. The van der Waals surface area contributed by atoms with Crippen molar-refractivity contribution in [1.82, 2.24) is 0 Å². The van der Waals surface area contributed by atoms with Gasteiger partial charge in [0.15, 0.2) is 0 Å². The summed E-state index contributed by atoms with van der Waals surface area (Å²) in [5.74, 6) is -0.180. The van der Waals surface area contributed by atoms with E-state index < -0.39 is 10.7 Å². The van der Waals surface area contributed by atoms with E-state index in [9.17, 15) is 14.5 Å². The molecular weight excluding hydrogens is 329 g/mol. The predicted molar refractivity (Wildman–Crippen MR) is 79.3 cm³/mol. The van der Waals surface area contributed by atoms with Gasteiger partial charge in [-0.1, -0.05) is 0 Å². The zero-order valence-corrected chi connectivity index (χ0v) is 12.8. The van der Waals surface area contributed by atoms with E-state index in [1.165, 1.54) is 6.07 Å². The van der Waals surface area contributed by atoms with Gasteiger partial charge in [0, 0.05) is 19.1 Å². The minimum absolute atomic E-state index is 0.132. The quantitative estimate of drug-likeness (QED) is 0.674. The summed E-state index contributed by atoms with van der Waals surface area (Å²) in [6.07, 6.45) is 1.79. The Morgan fingerprint density at radius 3 is 2.60 bits per heavy atom. The van der Waals surface area contributed by atoms with Gasteiger partial charge in [0.2, 0.25) is 0 Å². The molecule has 1 fully saturated rings. The fourth-order valence-corrected chi connectivity index (χ4v) is 2.92. The van der Waals surface area contributed by atoms with Crippen LogP contribution in [0.2, 0.25) is 0 Å². The Bertz CT molecular complexity index is 517. The molecule has 1 aromatic rings. The van der Waals surface area contributed by atoms with Gasteiger partial charge in [-0.25, -0.2) is 4.39 Å². The molecule has 110 valence electrons. The number of anilines is 1. The summed E-state index contributed by atoms with van der Waals surface area (Å²) in [7, 11) is 0. The van der Waals surface area contributed by atoms with E-state index in [2.05, 4.69) is 15.9 Å². The highest BCUT2D eigenvalue weighted by atomic mass is 79.9. The lowest BCUT2D eigenvalue weighted by molar-refractivity contribution is -0.384. The first-order valence-electron chi connectivity index (χ1n) is 6.54. The fraction of sp³-hybridized carbons (Fsp3) is 0.538. The monoisotopic (exact) mass is 345 g/mol. The van der Waals surface area contributed by atoms with Crippen LogP contribution in [0.1, 0.15) is 19.8 Å². The number of piperidine rings is 1. The number of rotatable bonds is 3. The lowest BCUT2D eigenvalue weighted by Crippen LogP contribution is -2.40. The Morgan fingerprint density at radius 1 is 1.50 bits per heavy atom. The van der Waals surface area contributed by atoms with Crippen molar-refractivity contribution in [3.8, 4) is 0 Å². The highest BCUT2D eigenvalue weighted by molar-refractivity contribution is 9.10. The van der Waals surface area contributed by atoms with Gasteiger partial charge in [-0.05, 0) is 47.7 Å². The van der Waals surface area contributed by atoms with Gasteiger partial charge >= 0.3 is 0 Å². The summed E-state index contributed by atoms with van der Waals surface area (Å²) in [4.78, 5) is 12.5. The molecule has 1 aromatic carbocycles. The van der Waals surface area contributed by atoms with Crippen LogP contribution in [-0.2, 0) is 0 Å². The normalized spacial score (nSPS) is 18.1. The molecule has 1 saturated heterocycles. The van der Waals surface area contributed by atoms with Crippen molar-refractivity contribution in [2.24, 2.45) is 11.7 Å². The summed E-state index contributed by atoms with van der Waals surface area (Å²) in [6.45, 7) is 3.38. The summed E-state index contributed by atoms with van der Waals surface area (Å²) in [5, 5.41) is 11.1. The number of hydrogen-bond donors (Lipinski definition) is 1. The third kappa shape index (κ3) is 3.09. The van der Waals surface area contributed by atoms with E-state index in [4.69, 9.17) is 5.73 Å². The van der Waals surface area contributed by atoms with Gasteiger partial charge in [-0.3, -0.25) is 10.1 Å². The average Bonchev–Trinajstić information content (AvgIpc) is 2.41. The van der Waals surface area contributed by atoms with Crippen LogP contribution in [0.5, 0.6) is 0 Å². The second-order valence-corrected chi connectivity index (χ2v) is 6.05. The summed E-state index contributed by atoms with van der Waals surface area (Å²) >= 11 is 3.09. The van der Waals surface area contributed by atoms with E-state index >= 15 is 0 Å². The summed E-state index contributed by atoms with van der Waals surface area (Å²) in [6, 6.07) is 2.59. The largest absolute Gasteiger partial charge is 0.366 e. The molecule has 2 rings (SSSR count). The number of nitro benzene ring substituents is 1. The lowest BCUT2D eigenvalue weighted by atomic mass is 9.90. The van der Waals surface area contributed by atoms with Gasteiger partial charge in [-0.15, -0.1) is 0 Å². The first-order chi connectivity index (χ1) is 9.40. The van der Waals surface area contributed by atoms with Gasteiger partial charge in [0.1, 0.15) is 11.5 Å². The molecule has 2 N–H and O–H groups in total. The zero-order chi connectivity index (χ0) is 14.9. The van der Waals surface area contributed by atoms with Crippen LogP contribution in [0, 0.1) is 21.8 Å². The van der Waals surface area contributed by atoms with Gasteiger partial charge in [0.05, 0.1) is 15.5 Å². The molecule has 1 aliphatic rings. The topological polar surface area (TPSA) is 72.4 Å². The van der Waals surface area contributed by atoms with Crippen molar-refractivity contribution in [3.05, 3.63) is 32.5 Å². The molecule has 0 aliphatic carbocycles. The standard InChI is InChI=1S/C13H17BrFN3O2/c1-8(16)9-2-4-17(5-3-9)12-6-10(14)11(15)7-13(12)18(19)20/h6-9H,2-5,16H2,1H3. The molecule has 1 aliphatic heterocycles. The van der Waals surface area contributed by atoms with Crippen LogP contribution in [0.4, 0.5) is 15.8 Å². The highest BCUT2D eigenvalue weighted by Crippen LogP contribution is 2.35. The maximum atomic E-state index is 13.5. The number of halogens is 2. The first-order valence-corrected chi connectivity index (χ1v) is 7.33. The van der Waals surface area contributed by atoms with Crippen LogP contribution >= 0.6 is 15.9 Å². The molecule has 0 saturated carbocycles. The van der Waals surface area contributed by atoms with Crippen LogP contribution in [0.25, 0.3) is 0 Å². The Kier molecular flexibility index (Phi) is 4.59. The van der Waals surface area contributed by atoms with Crippen molar-refractivity contribution in [2.45, 2.75) is 25.8 Å². The Hall–Kier alpha value is -1.21. The number of nitrogens with zero attached hydrogens (tertiary/aromatic N) is 2. The van der Waals surface area contributed by atoms with Gasteiger partial charge in [-0.2, -0.15) is 0 Å². The van der Waals surface area contributed by atoms with E-state index in [1.54, 1.807) is 0 Å². The smallest absolute Gasteiger partial charge is 0.295 e. The van der Waals surface area contributed by atoms with E-state index in [0.29, 0.717) is 24.7 Å². The highest BCUT2D eigenvalue weighted by Gasteiger charge is 2.27. The minimum Gasteiger partial charge on any atom is -0.366 e. The Balaban J connectivity index is 2.25. The Labute approximate surface area is 125 Å². The number of nitrogens with two attached hydrogens (primary N) is 1. The number of benzene rings is 1. The fourth-order valence-electron chi connectivity index (χ4n) is 2.59. The molecule has 1 atom stereocenters. The molecule has 0 aromatic heterocycles. The molecule has 0 amide bonds. The van der Waals surface area contributed by atoms with Crippen molar-refractivity contribution in [2.75, 3.05) is 18.0 Å². The van der Waals surface area contributed by atoms with E-state index in [-0.39, 0.29) is 16.2 Å². The van der Waals surface area contributed by atoms with Crippen molar-refractivity contribution in [1.29, 1.82) is 0 Å². The minimum atomic E-state index is -0.620. The molecule has 0 bridgehead atoms. The summed E-state index contributed by atoms with van der Waals surface area (Å²) in [5.41, 5.74) is 6.16. The lowest BCUT2D eigenvalue weighted by Gasteiger charge is -2.34. The maximum Gasteiger partial charge on any atom is 0.295 e. The summed E-state index contributed by atoms with van der Waals surface area (Å²) < 4.78 is 13.7. The zero-order valence-electron chi connectivity index (χ0n) is 11.2. The molecule has 0 radical (unpaired) electrons. The second-order valence-electron chi connectivity index (χ2n) is 5.20. The van der Waals surface area contributed by atoms with Crippen molar-refractivity contribution in [3.63, 3.8) is 0 Å². The molecule has 1 unspecified atom stereocenters. The van der Waals surface area contributed by atoms with Gasteiger partial charge < -0.3 is 10.6 Å². The number of hydrogen-bond acceptors (Lipinski definition) is 4. The third-order valence-corrected chi connectivity index (χ3v) is 4.45. The maximum absolute atomic E-state index is 13.5. The van der Waals surface area contributed by atoms with Crippen molar-refractivity contribution >= 4 is 27.3 Å². The molecule has 7 heteroatoms. The molecule has 1 heterocycles. The molecular formula is C13H17BrFN3O2. The van der Waals surface area contributed by atoms with E-state index in [0.717, 1.165) is 18.9 Å². The van der Waals surface area contributed by atoms with E-state index in [1.807, 2.05) is 11.8 Å². The van der Waals surface area contributed by atoms with Crippen LogP contribution in [0.3, 0.4) is 0 Å². The van der Waals surface area contributed by atoms with Crippen LogP contribution in [0.15, 0.2) is 16.6 Å². The third-order valence-electron chi connectivity index (χ3n) is 3.84. The van der Waals surface area contributed by atoms with Crippen molar-refractivity contribution < 1.29 is 9.31 Å². The first kappa shape index (κ1) is 15.2. The Morgan fingerprint density at radius 2 is 2.10 bits per heavy atom. The van der Waals surface area contributed by atoms with Gasteiger partial charge in [0.25, 0.3) is 5.69 Å².